The quantitative estimate of drug-likeness (QED) is 0.543. The highest BCUT2D eigenvalue weighted by Crippen LogP contribution is 2.35. The normalized spacial score (nSPS) is 27.9. The number of methoxy groups -OCH3 is 1. The third kappa shape index (κ3) is 3.87. The predicted molar refractivity (Wildman–Crippen MR) is 62.0 cm³/mol. The lowest BCUT2D eigenvalue weighted by atomic mass is 9.80. The van der Waals surface area contributed by atoms with Crippen LogP contribution in [0.15, 0.2) is 0 Å². The van der Waals surface area contributed by atoms with Crippen LogP contribution in [0.25, 0.3) is 0 Å². The van der Waals surface area contributed by atoms with E-state index in [1.165, 1.54) is 32.1 Å². The van der Waals surface area contributed by atoms with Gasteiger partial charge in [0, 0.05) is 31.1 Å². The SMILES string of the molecule is COCCCCC1(CBr)CCCOC1. The third-order valence-corrected chi connectivity index (χ3v) is 4.18. The molecular weight excluding hydrogens is 244 g/mol. The van der Waals surface area contributed by atoms with Gasteiger partial charge in [-0.2, -0.15) is 0 Å². The molecular formula is C11H21BrO2. The maximum Gasteiger partial charge on any atom is 0.0530 e. The van der Waals surface area contributed by atoms with Gasteiger partial charge in [-0.15, -0.1) is 0 Å². The average molecular weight is 265 g/mol. The number of hydrogen-bond donors (Lipinski definition) is 0. The number of hydrogen-bond acceptors (Lipinski definition) is 2. The van der Waals surface area contributed by atoms with Crippen LogP contribution >= 0.6 is 15.9 Å². The lowest BCUT2D eigenvalue weighted by Crippen LogP contribution is -2.33. The van der Waals surface area contributed by atoms with E-state index in [2.05, 4.69) is 15.9 Å². The molecule has 1 heterocycles. The summed E-state index contributed by atoms with van der Waals surface area (Å²) in [6.07, 6.45) is 6.22. The maximum atomic E-state index is 5.57. The van der Waals surface area contributed by atoms with Gasteiger partial charge in [0.05, 0.1) is 6.61 Å². The predicted octanol–water partition coefficient (Wildman–Crippen LogP) is 2.99. The van der Waals surface area contributed by atoms with Crippen LogP contribution in [0.3, 0.4) is 0 Å². The smallest absolute Gasteiger partial charge is 0.0530 e. The standard InChI is InChI=1S/C11H21BrO2/c1-13-7-3-2-5-11(9-12)6-4-8-14-10-11/h2-10H2,1H3. The van der Waals surface area contributed by atoms with Crippen molar-refractivity contribution in [2.45, 2.75) is 32.1 Å². The van der Waals surface area contributed by atoms with Crippen LogP contribution < -0.4 is 0 Å². The molecule has 14 heavy (non-hydrogen) atoms. The highest BCUT2D eigenvalue weighted by Gasteiger charge is 2.30. The van der Waals surface area contributed by atoms with Gasteiger partial charge in [0.1, 0.15) is 0 Å². The largest absolute Gasteiger partial charge is 0.385 e. The number of halogens is 1. The molecule has 0 radical (unpaired) electrons. The third-order valence-electron chi connectivity index (χ3n) is 2.99. The van der Waals surface area contributed by atoms with Crippen LogP contribution in [-0.4, -0.2) is 32.3 Å². The van der Waals surface area contributed by atoms with Crippen LogP contribution in [-0.2, 0) is 9.47 Å². The fourth-order valence-corrected chi connectivity index (χ4v) is 2.75. The maximum absolute atomic E-state index is 5.57. The van der Waals surface area contributed by atoms with E-state index in [9.17, 15) is 0 Å². The molecule has 0 spiro atoms. The molecule has 1 aliphatic heterocycles. The van der Waals surface area contributed by atoms with Crippen molar-refractivity contribution in [2.24, 2.45) is 5.41 Å². The first-order valence-electron chi connectivity index (χ1n) is 5.46. The summed E-state index contributed by atoms with van der Waals surface area (Å²) in [5, 5.41) is 1.08. The fourth-order valence-electron chi connectivity index (χ4n) is 2.03. The Kier molecular flexibility index (Phi) is 6.06. The van der Waals surface area contributed by atoms with E-state index in [4.69, 9.17) is 9.47 Å². The Morgan fingerprint density at radius 1 is 1.43 bits per heavy atom. The van der Waals surface area contributed by atoms with Gasteiger partial charge >= 0.3 is 0 Å². The first kappa shape index (κ1) is 12.5. The molecule has 1 atom stereocenters. The Labute approximate surface area is 95.5 Å². The van der Waals surface area contributed by atoms with E-state index < -0.39 is 0 Å². The van der Waals surface area contributed by atoms with Crippen molar-refractivity contribution < 1.29 is 9.47 Å². The van der Waals surface area contributed by atoms with E-state index in [0.29, 0.717) is 5.41 Å². The van der Waals surface area contributed by atoms with Gasteiger partial charge in [0.2, 0.25) is 0 Å². The molecule has 0 aliphatic carbocycles. The molecule has 1 rings (SSSR count). The second-order valence-electron chi connectivity index (χ2n) is 4.24. The van der Waals surface area contributed by atoms with E-state index in [1.54, 1.807) is 7.11 Å². The summed E-state index contributed by atoms with van der Waals surface area (Å²) in [7, 11) is 1.77. The van der Waals surface area contributed by atoms with Crippen molar-refractivity contribution in [3.8, 4) is 0 Å². The summed E-state index contributed by atoms with van der Waals surface area (Å²) in [4.78, 5) is 0. The van der Waals surface area contributed by atoms with Gasteiger partial charge in [-0.25, -0.2) is 0 Å². The Morgan fingerprint density at radius 2 is 2.29 bits per heavy atom. The van der Waals surface area contributed by atoms with Crippen LogP contribution in [0.1, 0.15) is 32.1 Å². The van der Waals surface area contributed by atoms with Crippen molar-refractivity contribution in [3.05, 3.63) is 0 Å². The minimum Gasteiger partial charge on any atom is -0.385 e. The number of unbranched alkanes of at least 4 members (excludes halogenated alkanes) is 1. The highest BCUT2D eigenvalue weighted by atomic mass is 79.9. The molecule has 0 aromatic heterocycles. The molecule has 0 aromatic rings. The molecule has 1 aliphatic rings. The summed E-state index contributed by atoms with van der Waals surface area (Å²) < 4.78 is 10.6. The monoisotopic (exact) mass is 264 g/mol. The topological polar surface area (TPSA) is 18.5 Å². The molecule has 0 aromatic carbocycles. The Morgan fingerprint density at radius 3 is 2.86 bits per heavy atom. The van der Waals surface area contributed by atoms with Crippen molar-refractivity contribution >= 4 is 15.9 Å². The fraction of sp³-hybridized carbons (Fsp3) is 1.00. The summed E-state index contributed by atoms with van der Waals surface area (Å²) in [5.41, 5.74) is 0.409. The molecule has 1 unspecified atom stereocenters. The second kappa shape index (κ2) is 6.81. The first-order valence-corrected chi connectivity index (χ1v) is 6.58. The minimum absolute atomic E-state index is 0.409. The number of ether oxygens (including phenoxy) is 2. The zero-order valence-electron chi connectivity index (χ0n) is 9.06. The van der Waals surface area contributed by atoms with Gasteiger partial charge in [-0.05, 0) is 25.7 Å². The summed E-state index contributed by atoms with van der Waals surface area (Å²) >= 11 is 3.63. The van der Waals surface area contributed by atoms with Gasteiger partial charge < -0.3 is 9.47 Å². The first-order chi connectivity index (χ1) is 6.83. The van der Waals surface area contributed by atoms with Crippen molar-refractivity contribution in [3.63, 3.8) is 0 Å². The Balaban J connectivity index is 2.22. The van der Waals surface area contributed by atoms with E-state index in [0.717, 1.165) is 25.2 Å². The van der Waals surface area contributed by atoms with E-state index in [-0.39, 0.29) is 0 Å². The zero-order valence-corrected chi connectivity index (χ0v) is 10.6. The van der Waals surface area contributed by atoms with Crippen molar-refractivity contribution in [1.82, 2.24) is 0 Å². The van der Waals surface area contributed by atoms with Gasteiger partial charge in [0.15, 0.2) is 0 Å². The van der Waals surface area contributed by atoms with Gasteiger partial charge in [0.25, 0.3) is 0 Å². The lowest BCUT2D eigenvalue weighted by Gasteiger charge is -2.35. The molecule has 1 fully saturated rings. The second-order valence-corrected chi connectivity index (χ2v) is 4.80. The molecule has 2 nitrogen and oxygen atoms in total. The molecule has 0 saturated carbocycles. The van der Waals surface area contributed by atoms with Crippen LogP contribution in [0.4, 0.5) is 0 Å². The van der Waals surface area contributed by atoms with Crippen LogP contribution in [0, 0.1) is 5.41 Å². The van der Waals surface area contributed by atoms with Gasteiger partial charge in [-0.3, -0.25) is 0 Å². The van der Waals surface area contributed by atoms with E-state index in [1.807, 2.05) is 0 Å². The molecule has 0 amide bonds. The zero-order chi connectivity index (χ0) is 10.3. The van der Waals surface area contributed by atoms with Crippen molar-refractivity contribution in [1.29, 1.82) is 0 Å². The van der Waals surface area contributed by atoms with Crippen LogP contribution in [0.5, 0.6) is 0 Å². The summed E-state index contributed by atoms with van der Waals surface area (Å²) in [6.45, 7) is 2.78. The molecule has 3 heteroatoms. The summed E-state index contributed by atoms with van der Waals surface area (Å²) in [6, 6.07) is 0. The highest BCUT2D eigenvalue weighted by molar-refractivity contribution is 9.09. The number of alkyl halides is 1. The lowest BCUT2D eigenvalue weighted by molar-refractivity contribution is -0.000467. The molecule has 1 saturated heterocycles. The number of rotatable bonds is 6. The molecule has 0 N–H and O–H groups in total. The summed E-state index contributed by atoms with van der Waals surface area (Å²) in [5.74, 6) is 0. The van der Waals surface area contributed by atoms with Crippen LogP contribution in [0.2, 0.25) is 0 Å². The van der Waals surface area contributed by atoms with Gasteiger partial charge in [-0.1, -0.05) is 22.4 Å². The Bertz CT molecular complexity index is 144. The average Bonchev–Trinajstić information content (AvgIpc) is 2.26. The minimum atomic E-state index is 0.409. The van der Waals surface area contributed by atoms with E-state index >= 15 is 0 Å². The Hall–Kier alpha value is 0.400. The van der Waals surface area contributed by atoms with Crippen molar-refractivity contribution in [2.75, 3.05) is 32.3 Å². The molecule has 84 valence electrons. The molecule has 0 bridgehead atoms.